The summed E-state index contributed by atoms with van der Waals surface area (Å²) in [6.45, 7) is -2.98. The first-order valence-electron chi connectivity index (χ1n) is 5.11. The van der Waals surface area contributed by atoms with Gasteiger partial charge in [0.05, 0.1) is 5.56 Å². The Morgan fingerprint density at radius 1 is 1.36 bits per heavy atom. The van der Waals surface area contributed by atoms with Crippen LogP contribution >= 0.6 is 0 Å². The Labute approximate surface area is 83.4 Å². The van der Waals surface area contributed by atoms with Crippen molar-refractivity contribution < 1.29 is 27.3 Å². The summed E-state index contributed by atoms with van der Waals surface area (Å²) in [5.74, 6) is 0. The van der Waals surface area contributed by atoms with Crippen LogP contribution in [0.1, 0.15) is 15.2 Å². The maximum atomic E-state index is 12.5. The van der Waals surface area contributed by atoms with Crippen molar-refractivity contribution in [2.75, 3.05) is 0 Å². The molecule has 0 aliphatic heterocycles. The van der Waals surface area contributed by atoms with Gasteiger partial charge >= 0.3 is 13.3 Å². The average molecular weight is 207 g/mol. The molecular formula is C8H8BF3O2. The molecule has 0 aromatic heterocycles. The Morgan fingerprint density at radius 3 is 2.43 bits per heavy atom. The zero-order valence-corrected chi connectivity index (χ0v) is 6.84. The van der Waals surface area contributed by atoms with Crippen molar-refractivity contribution in [3.8, 4) is 0 Å². The predicted octanol–water partition coefficient (Wildman–Crippen LogP) is 0.694. The third kappa shape index (κ3) is 2.27. The van der Waals surface area contributed by atoms with Crippen molar-refractivity contribution in [1.29, 1.82) is 0 Å². The normalized spacial score (nSPS) is 15.6. The monoisotopic (exact) mass is 207 g/mol. The van der Waals surface area contributed by atoms with E-state index in [1.54, 1.807) is 0 Å². The van der Waals surface area contributed by atoms with E-state index in [1.807, 2.05) is 0 Å². The smallest absolute Gasteiger partial charge is 0.423 e. The first-order valence-corrected chi connectivity index (χ1v) is 3.61. The van der Waals surface area contributed by atoms with Gasteiger partial charge in [-0.15, -0.1) is 0 Å². The Morgan fingerprint density at radius 2 is 2.00 bits per heavy atom. The van der Waals surface area contributed by atoms with Gasteiger partial charge in [0.15, 0.2) is 0 Å². The van der Waals surface area contributed by atoms with Crippen LogP contribution in [-0.2, 0) is 6.18 Å². The standard InChI is InChI=1S/C8H8BF3O2/c1-5-4-6(9(13)14)2-3-7(5)8(10,11)12/h2-4,13-14H,1H3/i1D3. The number of hydrogen-bond donors (Lipinski definition) is 2. The van der Waals surface area contributed by atoms with E-state index < -0.39 is 31.3 Å². The minimum absolute atomic E-state index is 0.302. The first kappa shape index (κ1) is 7.31. The van der Waals surface area contributed by atoms with Crippen LogP contribution < -0.4 is 5.46 Å². The van der Waals surface area contributed by atoms with Crippen molar-refractivity contribution in [3.05, 3.63) is 29.3 Å². The minimum atomic E-state index is -4.80. The fourth-order valence-electron chi connectivity index (χ4n) is 0.970. The summed E-state index contributed by atoms with van der Waals surface area (Å²) in [7, 11) is -2.02. The lowest BCUT2D eigenvalue weighted by Crippen LogP contribution is -2.30. The quantitative estimate of drug-likeness (QED) is 0.665. The fraction of sp³-hybridized carbons (Fsp3) is 0.250. The van der Waals surface area contributed by atoms with Crippen LogP contribution in [-0.4, -0.2) is 17.2 Å². The molecule has 0 bridgehead atoms. The Bertz CT molecular complexity index is 417. The van der Waals surface area contributed by atoms with Crippen molar-refractivity contribution in [3.63, 3.8) is 0 Å². The van der Waals surface area contributed by atoms with E-state index in [1.165, 1.54) is 0 Å². The second-order valence-electron chi connectivity index (χ2n) is 2.68. The number of halogens is 3. The molecule has 0 unspecified atom stereocenters. The van der Waals surface area contributed by atoms with E-state index in [4.69, 9.17) is 14.2 Å². The predicted molar refractivity (Wildman–Crippen MR) is 46.0 cm³/mol. The minimum Gasteiger partial charge on any atom is -0.423 e. The van der Waals surface area contributed by atoms with Crippen LogP contribution in [0.5, 0.6) is 0 Å². The highest BCUT2D eigenvalue weighted by Crippen LogP contribution is 2.30. The molecule has 0 fully saturated rings. The van der Waals surface area contributed by atoms with E-state index >= 15 is 0 Å². The first-order chi connectivity index (χ1) is 7.53. The topological polar surface area (TPSA) is 40.5 Å². The Hall–Kier alpha value is -1.01. The lowest BCUT2D eigenvalue weighted by Gasteiger charge is -2.11. The second kappa shape index (κ2) is 3.63. The molecule has 0 aliphatic carbocycles. The molecule has 76 valence electrons. The molecule has 14 heavy (non-hydrogen) atoms. The number of rotatable bonds is 1. The van der Waals surface area contributed by atoms with E-state index in [9.17, 15) is 13.2 Å². The van der Waals surface area contributed by atoms with Crippen LogP contribution in [0.2, 0.25) is 0 Å². The molecule has 0 heterocycles. The lowest BCUT2D eigenvalue weighted by molar-refractivity contribution is -0.138. The van der Waals surface area contributed by atoms with Gasteiger partial charge in [0.2, 0.25) is 0 Å². The van der Waals surface area contributed by atoms with Gasteiger partial charge in [-0.2, -0.15) is 13.2 Å². The molecule has 0 saturated heterocycles. The van der Waals surface area contributed by atoms with Crippen molar-refractivity contribution in [1.82, 2.24) is 0 Å². The zero-order chi connectivity index (χ0) is 13.4. The average Bonchev–Trinajstić information content (AvgIpc) is 2.14. The van der Waals surface area contributed by atoms with E-state index in [0.29, 0.717) is 12.1 Å². The Balaban J connectivity index is 3.43. The molecule has 0 radical (unpaired) electrons. The lowest BCUT2D eigenvalue weighted by atomic mass is 9.79. The highest BCUT2D eigenvalue weighted by Gasteiger charge is 2.32. The summed E-state index contributed by atoms with van der Waals surface area (Å²) in [5, 5.41) is 17.6. The summed E-state index contributed by atoms with van der Waals surface area (Å²) in [6.07, 6.45) is -4.80. The number of benzene rings is 1. The SMILES string of the molecule is [2H]C([2H])([2H])c1cc(B(O)O)ccc1C(F)(F)F. The summed E-state index contributed by atoms with van der Waals surface area (Å²) >= 11 is 0. The third-order valence-electron chi connectivity index (χ3n) is 1.65. The molecule has 6 heteroatoms. The molecule has 0 atom stereocenters. The molecule has 2 nitrogen and oxygen atoms in total. The van der Waals surface area contributed by atoms with E-state index in [0.717, 1.165) is 6.07 Å². The number of hydrogen-bond acceptors (Lipinski definition) is 2. The van der Waals surface area contributed by atoms with Gasteiger partial charge in [-0.05, 0) is 17.9 Å². The van der Waals surface area contributed by atoms with Crippen LogP contribution in [0.3, 0.4) is 0 Å². The molecule has 1 aromatic rings. The van der Waals surface area contributed by atoms with Gasteiger partial charge in [0.25, 0.3) is 0 Å². The van der Waals surface area contributed by atoms with Gasteiger partial charge < -0.3 is 10.0 Å². The molecule has 2 N–H and O–H groups in total. The second-order valence-corrected chi connectivity index (χ2v) is 2.68. The fourth-order valence-corrected chi connectivity index (χ4v) is 0.970. The Kier molecular flexibility index (Phi) is 1.89. The van der Waals surface area contributed by atoms with Gasteiger partial charge in [-0.3, -0.25) is 0 Å². The molecule has 1 rings (SSSR count). The molecule has 0 amide bonds. The summed E-state index contributed by atoms with van der Waals surface area (Å²) in [4.78, 5) is 0. The van der Waals surface area contributed by atoms with Crippen molar-refractivity contribution in [2.45, 2.75) is 13.0 Å². The van der Waals surface area contributed by atoms with Gasteiger partial charge in [0.1, 0.15) is 0 Å². The maximum Gasteiger partial charge on any atom is 0.488 e. The summed E-state index contributed by atoms with van der Waals surface area (Å²) in [6, 6.07) is 1.97. The van der Waals surface area contributed by atoms with Gasteiger partial charge in [-0.1, -0.05) is 18.2 Å². The molecule has 0 saturated carbocycles. The zero-order valence-electron chi connectivity index (χ0n) is 9.84. The van der Waals surface area contributed by atoms with Gasteiger partial charge in [0, 0.05) is 4.11 Å². The van der Waals surface area contributed by atoms with Crippen molar-refractivity contribution >= 4 is 12.6 Å². The van der Waals surface area contributed by atoms with Crippen LogP contribution in [0.25, 0.3) is 0 Å². The van der Waals surface area contributed by atoms with Gasteiger partial charge in [-0.25, -0.2) is 0 Å². The van der Waals surface area contributed by atoms with Crippen LogP contribution in [0.15, 0.2) is 18.2 Å². The number of aryl methyl sites for hydroxylation is 1. The largest absolute Gasteiger partial charge is 0.488 e. The van der Waals surface area contributed by atoms with Crippen LogP contribution in [0, 0.1) is 6.85 Å². The highest BCUT2D eigenvalue weighted by molar-refractivity contribution is 6.58. The van der Waals surface area contributed by atoms with E-state index in [2.05, 4.69) is 0 Å². The highest BCUT2D eigenvalue weighted by atomic mass is 19.4. The third-order valence-corrected chi connectivity index (χ3v) is 1.65. The summed E-state index contributed by atoms with van der Waals surface area (Å²) in [5.41, 5.74) is -2.55. The molecule has 1 aromatic carbocycles. The molecule has 0 aliphatic rings. The number of alkyl halides is 3. The van der Waals surface area contributed by atoms with E-state index in [-0.39, 0.29) is 5.46 Å². The molecule has 0 spiro atoms. The van der Waals surface area contributed by atoms with Crippen LogP contribution in [0.4, 0.5) is 13.2 Å². The molecular weight excluding hydrogens is 196 g/mol. The summed E-state index contributed by atoms with van der Waals surface area (Å²) < 4.78 is 58.6. The van der Waals surface area contributed by atoms with Crippen molar-refractivity contribution in [2.24, 2.45) is 0 Å². The maximum absolute atomic E-state index is 12.5.